The van der Waals surface area contributed by atoms with Crippen molar-refractivity contribution in [2.45, 2.75) is 200 Å². The van der Waals surface area contributed by atoms with E-state index in [1.807, 2.05) is 0 Å². The van der Waals surface area contributed by atoms with E-state index < -0.39 is 32.5 Å². The van der Waals surface area contributed by atoms with E-state index in [1.54, 1.807) is 0 Å². The van der Waals surface area contributed by atoms with Crippen LogP contribution in [-0.2, 0) is 28.2 Å². The van der Waals surface area contributed by atoms with Gasteiger partial charge < -0.3 is 19.3 Å². The first-order valence-corrected chi connectivity index (χ1v) is 21.2. The first kappa shape index (κ1) is 46.5. The Morgan fingerprint density at radius 1 is 0.542 bits per heavy atom. The Kier molecular flexibility index (Phi) is 34.3. The molecule has 0 aliphatic heterocycles. The van der Waals surface area contributed by atoms with Crippen molar-refractivity contribution in [3.05, 3.63) is 24.3 Å². The van der Waals surface area contributed by atoms with Gasteiger partial charge >= 0.3 is 19.8 Å². The van der Waals surface area contributed by atoms with Gasteiger partial charge in [-0.1, -0.05) is 160 Å². The number of hydrogen-bond donors (Lipinski definition) is 2. The molecule has 0 bridgehead atoms. The first-order valence-electron chi connectivity index (χ1n) is 19.6. The quantitative estimate of drug-likeness (QED) is 0.0287. The maximum absolute atomic E-state index is 12.3. The molecule has 0 aromatic rings. The van der Waals surface area contributed by atoms with E-state index in [1.165, 1.54) is 116 Å². The average molecular weight is 701 g/mol. The lowest BCUT2D eigenvalue weighted by atomic mass is 10.0. The van der Waals surface area contributed by atoms with E-state index in [2.05, 4.69) is 42.7 Å². The van der Waals surface area contributed by atoms with Crippen LogP contribution in [0.2, 0.25) is 0 Å². The van der Waals surface area contributed by atoms with Gasteiger partial charge in [0.15, 0.2) is 6.10 Å². The monoisotopic (exact) mass is 701 g/mol. The number of carbonyl (C=O) groups is 2. The fraction of sp³-hybridized carbons (Fsp3) is 0.846. The third-order valence-electron chi connectivity index (χ3n) is 8.47. The summed E-state index contributed by atoms with van der Waals surface area (Å²) in [6, 6.07) is 0. The topological polar surface area (TPSA) is 119 Å². The van der Waals surface area contributed by atoms with Crippen LogP contribution < -0.4 is 0 Å². The van der Waals surface area contributed by atoms with Crippen LogP contribution in [-0.4, -0.2) is 41.0 Å². The molecule has 0 fully saturated rings. The van der Waals surface area contributed by atoms with Crippen LogP contribution in [0.4, 0.5) is 0 Å². The Hall–Kier alpha value is -1.47. The zero-order valence-corrected chi connectivity index (χ0v) is 31.8. The first-order chi connectivity index (χ1) is 23.3. The molecule has 0 unspecified atom stereocenters. The van der Waals surface area contributed by atoms with Gasteiger partial charge in [-0.15, -0.1) is 0 Å². The second-order valence-corrected chi connectivity index (χ2v) is 14.5. The lowest BCUT2D eigenvalue weighted by Gasteiger charge is -2.18. The molecule has 0 aliphatic carbocycles. The van der Waals surface area contributed by atoms with Gasteiger partial charge in [0, 0.05) is 12.8 Å². The summed E-state index contributed by atoms with van der Waals surface area (Å²) in [5.41, 5.74) is 0. The van der Waals surface area contributed by atoms with Gasteiger partial charge in [-0.25, -0.2) is 4.57 Å². The van der Waals surface area contributed by atoms with Gasteiger partial charge in [-0.3, -0.25) is 14.1 Å². The molecule has 0 saturated carbocycles. The average Bonchev–Trinajstić information content (AvgIpc) is 3.05. The van der Waals surface area contributed by atoms with Gasteiger partial charge in [0.2, 0.25) is 0 Å². The zero-order valence-electron chi connectivity index (χ0n) is 30.9. The molecule has 0 aromatic carbocycles. The summed E-state index contributed by atoms with van der Waals surface area (Å²) in [5, 5.41) is 0. The highest BCUT2D eigenvalue weighted by atomic mass is 31.2. The van der Waals surface area contributed by atoms with Gasteiger partial charge in [0.05, 0.1) is 6.61 Å². The number of phosphoric acid groups is 1. The molecule has 2 N–H and O–H groups in total. The predicted octanol–water partition coefficient (Wildman–Crippen LogP) is 11.6. The third-order valence-corrected chi connectivity index (χ3v) is 8.96. The van der Waals surface area contributed by atoms with Crippen molar-refractivity contribution in [1.29, 1.82) is 0 Å². The summed E-state index contributed by atoms with van der Waals surface area (Å²) in [5.74, 6) is -0.916. The van der Waals surface area contributed by atoms with Crippen LogP contribution in [0.1, 0.15) is 194 Å². The Morgan fingerprint density at radius 3 is 1.42 bits per heavy atom. The minimum absolute atomic E-state index is 0.172. The lowest BCUT2D eigenvalue weighted by Crippen LogP contribution is -2.29. The summed E-state index contributed by atoms with van der Waals surface area (Å²) < 4.78 is 26.3. The van der Waals surface area contributed by atoms with Crippen LogP contribution in [0.15, 0.2) is 24.3 Å². The smallest absolute Gasteiger partial charge is 0.462 e. The minimum Gasteiger partial charge on any atom is -0.462 e. The molecule has 282 valence electrons. The van der Waals surface area contributed by atoms with E-state index in [0.717, 1.165) is 44.9 Å². The standard InChI is InChI=1S/C39H73O8P/c1-3-5-7-9-11-13-15-17-19-21-23-25-27-29-31-33-38(40)45-35-37(36-46-48(42,43)44)47-39(41)34-32-30-28-26-24-22-20-18-16-14-12-10-8-6-4-2/h18,20,24,26,37H,3-17,19,21-23,25,27-36H2,1-2H3,(H2,42,43,44)/b20-18+,26-24+/t37-/m1/s1. The van der Waals surface area contributed by atoms with Crippen LogP contribution in [0.25, 0.3) is 0 Å². The molecule has 0 amide bonds. The molecule has 0 spiro atoms. The molecule has 8 nitrogen and oxygen atoms in total. The van der Waals surface area contributed by atoms with E-state index in [4.69, 9.17) is 19.3 Å². The SMILES string of the molecule is CCCCCCCC/C=C/C/C=C/CCCCC(=O)O[C@H](COC(=O)CCCCCCCCCCCCCCCCC)COP(=O)(O)O. The maximum Gasteiger partial charge on any atom is 0.469 e. The Bertz CT molecular complexity index is 838. The van der Waals surface area contributed by atoms with Crippen molar-refractivity contribution in [2.75, 3.05) is 13.2 Å². The number of ether oxygens (including phenoxy) is 2. The highest BCUT2D eigenvalue weighted by Gasteiger charge is 2.22. The molecular weight excluding hydrogens is 627 g/mol. The number of hydrogen-bond acceptors (Lipinski definition) is 6. The van der Waals surface area contributed by atoms with Gasteiger partial charge in [0.1, 0.15) is 6.61 Å². The molecule has 48 heavy (non-hydrogen) atoms. The van der Waals surface area contributed by atoms with Gasteiger partial charge in [0.25, 0.3) is 0 Å². The van der Waals surface area contributed by atoms with Crippen LogP contribution >= 0.6 is 7.82 Å². The molecule has 0 radical (unpaired) electrons. The molecule has 0 saturated heterocycles. The highest BCUT2D eigenvalue weighted by molar-refractivity contribution is 7.46. The van der Waals surface area contributed by atoms with E-state index in [-0.39, 0.29) is 19.4 Å². The Labute approximate surface area is 294 Å². The van der Waals surface area contributed by atoms with Crippen LogP contribution in [0, 0.1) is 0 Å². The normalized spacial score (nSPS) is 12.7. The van der Waals surface area contributed by atoms with Crippen molar-refractivity contribution < 1.29 is 37.9 Å². The van der Waals surface area contributed by atoms with E-state index >= 15 is 0 Å². The minimum atomic E-state index is -4.75. The van der Waals surface area contributed by atoms with Gasteiger partial charge in [-0.2, -0.15) is 0 Å². The summed E-state index contributed by atoms with van der Waals surface area (Å²) in [6.07, 6.45) is 39.0. The second-order valence-electron chi connectivity index (χ2n) is 13.3. The molecule has 0 rings (SSSR count). The summed E-state index contributed by atoms with van der Waals surface area (Å²) in [6.45, 7) is 3.65. The van der Waals surface area contributed by atoms with Gasteiger partial charge in [-0.05, 0) is 44.9 Å². The maximum atomic E-state index is 12.3. The van der Waals surface area contributed by atoms with Crippen LogP contribution in [0.3, 0.4) is 0 Å². The molecule has 0 aromatic heterocycles. The number of unbranched alkanes of at least 4 members (excludes halogenated alkanes) is 22. The number of carbonyl (C=O) groups excluding carboxylic acids is 2. The molecule has 9 heteroatoms. The molecule has 0 aliphatic rings. The molecule has 1 atom stereocenters. The zero-order chi connectivity index (χ0) is 35.4. The summed E-state index contributed by atoms with van der Waals surface area (Å²) in [7, 11) is -4.75. The number of phosphoric ester groups is 1. The lowest BCUT2D eigenvalue weighted by molar-refractivity contribution is -0.161. The van der Waals surface area contributed by atoms with Crippen molar-refractivity contribution in [1.82, 2.24) is 0 Å². The number of allylic oxidation sites excluding steroid dienone is 4. The highest BCUT2D eigenvalue weighted by Crippen LogP contribution is 2.36. The van der Waals surface area contributed by atoms with Crippen LogP contribution in [0.5, 0.6) is 0 Å². The van der Waals surface area contributed by atoms with Crippen molar-refractivity contribution >= 4 is 19.8 Å². The summed E-state index contributed by atoms with van der Waals surface area (Å²) >= 11 is 0. The summed E-state index contributed by atoms with van der Waals surface area (Å²) in [4.78, 5) is 42.7. The van der Waals surface area contributed by atoms with E-state index in [9.17, 15) is 14.2 Å². The Balaban J connectivity index is 3.98. The molecular formula is C39H73O8P. The number of rotatable bonds is 36. The second kappa shape index (κ2) is 35.4. The van der Waals surface area contributed by atoms with Crippen molar-refractivity contribution in [2.24, 2.45) is 0 Å². The largest absolute Gasteiger partial charge is 0.469 e. The fourth-order valence-corrected chi connectivity index (χ4v) is 5.88. The van der Waals surface area contributed by atoms with Crippen molar-refractivity contribution in [3.63, 3.8) is 0 Å². The number of esters is 2. The Morgan fingerprint density at radius 2 is 0.938 bits per heavy atom. The third kappa shape index (κ3) is 37.4. The van der Waals surface area contributed by atoms with Crippen molar-refractivity contribution in [3.8, 4) is 0 Å². The van der Waals surface area contributed by atoms with E-state index in [0.29, 0.717) is 6.42 Å². The predicted molar refractivity (Wildman–Crippen MR) is 198 cm³/mol. The fourth-order valence-electron chi connectivity index (χ4n) is 5.52. The molecule has 0 heterocycles.